The van der Waals surface area contributed by atoms with E-state index in [4.69, 9.17) is 4.74 Å². The lowest BCUT2D eigenvalue weighted by Gasteiger charge is -2.43. The minimum absolute atomic E-state index is 0.0312. The van der Waals surface area contributed by atoms with Crippen molar-refractivity contribution in [2.45, 2.75) is 64.3 Å². The summed E-state index contributed by atoms with van der Waals surface area (Å²) in [6, 6.07) is 8.88. The topological polar surface area (TPSA) is 66.8 Å². The third kappa shape index (κ3) is 3.33. The predicted molar refractivity (Wildman–Crippen MR) is 101 cm³/mol. The highest BCUT2D eigenvalue weighted by atomic mass is 16.5. The van der Waals surface area contributed by atoms with Crippen molar-refractivity contribution in [1.82, 2.24) is 0 Å². The van der Waals surface area contributed by atoms with Gasteiger partial charge >= 0.3 is 5.97 Å². The Morgan fingerprint density at radius 2 is 1.77 bits per heavy atom. The van der Waals surface area contributed by atoms with Crippen LogP contribution in [0.25, 0.3) is 0 Å². The van der Waals surface area contributed by atoms with E-state index in [0.717, 1.165) is 6.42 Å². The Morgan fingerprint density at radius 1 is 1.12 bits per heavy atom. The molecule has 1 fully saturated rings. The van der Waals surface area contributed by atoms with Crippen molar-refractivity contribution < 1.29 is 19.7 Å². The molecule has 1 saturated carbocycles. The summed E-state index contributed by atoms with van der Waals surface area (Å²) in [5.41, 5.74) is -1.84. The number of hydrogen-bond donors (Lipinski definition) is 2. The van der Waals surface area contributed by atoms with Gasteiger partial charge in [0.05, 0.1) is 16.8 Å². The molecule has 0 heterocycles. The normalized spacial score (nSPS) is 39.5. The summed E-state index contributed by atoms with van der Waals surface area (Å²) in [6.45, 7) is 7.84. The van der Waals surface area contributed by atoms with Gasteiger partial charge in [-0.2, -0.15) is 0 Å². The lowest BCUT2D eigenvalue weighted by molar-refractivity contribution is -0.116. The maximum atomic E-state index is 12.7. The Bertz CT molecular complexity index is 693. The molecule has 5 unspecified atom stereocenters. The van der Waals surface area contributed by atoms with Crippen molar-refractivity contribution in [3.05, 3.63) is 48.0 Å². The molecule has 0 aliphatic heterocycles. The van der Waals surface area contributed by atoms with Gasteiger partial charge in [-0.3, -0.25) is 0 Å². The quantitative estimate of drug-likeness (QED) is 0.638. The van der Waals surface area contributed by atoms with Crippen molar-refractivity contribution in [3.8, 4) is 0 Å². The average molecular weight is 358 g/mol. The molecule has 2 aliphatic rings. The summed E-state index contributed by atoms with van der Waals surface area (Å²) in [6.07, 6.45) is 5.01. The number of allylic oxidation sites excluding steroid dienone is 1. The Morgan fingerprint density at radius 3 is 2.38 bits per heavy atom. The van der Waals surface area contributed by atoms with Crippen molar-refractivity contribution in [2.75, 3.05) is 0 Å². The van der Waals surface area contributed by atoms with E-state index in [1.165, 1.54) is 0 Å². The number of rotatable bonds is 3. The van der Waals surface area contributed by atoms with E-state index < -0.39 is 23.3 Å². The van der Waals surface area contributed by atoms with Crippen molar-refractivity contribution in [1.29, 1.82) is 0 Å². The molecule has 4 nitrogen and oxygen atoms in total. The van der Waals surface area contributed by atoms with E-state index in [-0.39, 0.29) is 23.7 Å². The summed E-state index contributed by atoms with van der Waals surface area (Å²) in [4.78, 5) is 12.7. The molecule has 0 bridgehead atoms. The van der Waals surface area contributed by atoms with E-state index in [1.54, 1.807) is 31.2 Å². The van der Waals surface area contributed by atoms with Crippen LogP contribution in [0.2, 0.25) is 0 Å². The number of carbonyl (C=O) groups excluding carboxylic acids is 1. The van der Waals surface area contributed by atoms with Crippen LogP contribution in [-0.4, -0.2) is 33.5 Å². The number of ether oxygens (including phenoxy) is 1. The summed E-state index contributed by atoms with van der Waals surface area (Å²) in [5.74, 6) is -0.634. The number of carbonyl (C=O) groups is 1. The van der Waals surface area contributed by atoms with E-state index in [2.05, 4.69) is 6.92 Å². The van der Waals surface area contributed by atoms with Crippen LogP contribution in [-0.2, 0) is 4.74 Å². The molecule has 0 spiro atoms. The van der Waals surface area contributed by atoms with Crippen molar-refractivity contribution in [3.63, 3.8) is 0 Å². The van der Waals surface area contributed by atoms with Crippen molar-refractivity contribution in [2.24, 2.45) is 17.3 Å². The van der Waals surface area contributed by atoms with Gasteiger partial charge in [0, 0.05) is 12.3 Å². The molecule has 1 aromatic carbocycles. The van der Waals surface area contributed by atoms with Gasteiger partial charge in [0.25, 0.3) is 0 Å². The second kappa shape index (κ2) is 6.50. The zero-order chi connectivity index (χ0) is 19.2. The zero-order valence-electron chi connectivity index (χ0n) is 16.1. The van der Waals surface area contributed by atoms with Crippen LogP contribution in [0.15, 0.2) is 42.5 Å². The van der Waals surface area contributed by atoms with E-state index in [9.17, 15) is 15.0 Å². The van der Waals surface area contributed by atoms with Gasteiger partial charge in [-0.1, -0.05) is 51.1 Å². The van der Waals surface area contributed by atoms with Crippen LogP contribution >= 0.6 is 0 Å². The van der Waals surface area contributed by atoms with Gasteiger partial charge in [0.15, 0.2) is 0 Å². The molecule has 0 aromatic heterocycles. The largest absolute Gasteiger partial charge is 0.458 e. The number of hydrogen-bond acceptors (Lipinski definition) is 4. The first kappa shape index (κ1) is 19.1. The molecular weight excluding hydrogens is 328 g/mol. The molecular formula is C22H30O4. The van der Waals surface area contributed by atoms with Gasteiger partial charge < -0.3 is 14.9 Å². The predicted octanol–water partition coefficient (Wildman–Crippen LogP) is 3.73. The van der Waals surface area contributed by atoms with Crippen LogP contribution in [0.3, 0.4) is 0 Å². The number of fused-ring (bicyclic) bond motifs is 1. The molecule has 4 heteroatoms. The Labute approximate surface area is 155 Å². The minimum atomic E-state index is -1.08. The first-order valence-electron chi connectivity index (χ1n) is 9.49. The number of esters is 1. The Hall–Kier alpha value is -1.65. The summed E-state index contributed by atoms with van der Waals surface area (Å²) >= 11 is 0. The number of aliphatic hydroxyl groups is 2. The molecule has 142 valence electrons. The Balaban J connectivity index is 1.98. The molecule has 0 saturated heterocycles. The van der Waals surface area contributed by atoms with E-state index in [1.807, 2.05) is 32.1 Å². The second-order valence-electron chi connectivity index (χ2n) is 8.83. The summed E-state index contributed by atoms with van der Waals surface area (Å²) in [7, 11) is 0. The second-order valence-corrected chi connectivity index (χ2v) is 8.83. The fourth-order valence-electron chi connectivity index (χ4n) is 4.79. The highest BCUT2D eigenvalue weighted by molar-refractivity contribution is 5.89. The standard InChI is InChI=1S/C22H30O4/c1-15(2)22(25)13-11-20(3)10-12-21(4,24)14-17(18(20)22)26-19(23)16-8-6-5-7-9-16/h5-10,12,15,17-18,24-25H,11,13-14H2,1-4H3. The third-order valence-electron chi connectivity index (χ3n) is 6.39. The maximum Gasteiger partial charge on any atom is 0.338 e. The van der Waals surface area contributed by atoms with Crippen LogP contribution in [0.1, 0.15) is 57.3 Å². The fraction of sp³-hybridized carbons (Fsp3) is 0.591. The molecule has 0 radical (unpaired) electrons. The molecule has 2 N–H and O–H groups in total. The average Bonchev–Trinajstić information content (AvgIpc) is 2.81. The van der Waals surface area contributed by atoms with Gasteiger partial charge in [-0.05, 0) is 43.2 Å². The highest BCUT2D eigenvalue weighted by Gasteiger charge is 2.59. The smallest absolute Gasteiger partial charge is 0.338 e. The summed E-state index contributed by atoms with van der Waals surface area (Å²) in [5, 5.41) is 22.2. The van der Waals surface area contributed by atoms with E-state index in [0.29, 0.717) is 12.0 Å². The summed E-state index contributed by atoms with van der Waals surface area (Å²) < 4.78 is 5.92. The highest BCUT2D eigenvalue weighted by Crippen LogP contribution is 2.57. The van der Waals surface area contributed by atoms with Gasteiger partial charge in [0.2, 0.25) is 0 Å². The van der Waals surface area contributed by atoms with Crippen LogP contribution in [0, 0.1) is 17.3 Å². The molecule has 26 heavy (non-hydrogen) atoms. The van der Waals surface area contributed by atoms with Crippen LogP contribution in [0.4, 0.5) is 0 Å². The molecule has 1 aromatic rings. The number of benzene rings is 1. The van der Waals surface area contributed by atoms with Crippen molar-refractivity contribution >= 4 is 5.97 Å². The first-order valence-corrected chi connectivity index (χ1v) is 9.49. The van der Waals surface area contributed by atoms with E-state index >= 15 is 0 Å². The molecule has 5 atom stereocenters. The van der Waals surface area contributed by atoms with Gasteiger partial charge in [0.1, 0.15) is 6.10 Å². The fourth-order valence-corrected chi connectivity index (χ4v) is 4.79. The zero-order valence-corrected chi connectivity index (χ0v) is 16.1. The first-order chi connectivity index (χ1) is 12.1. The van der Waals surface area contributed by atoms with Crippen LogP contribution in [0.5, 0.6) is 0 Å². The lowest BCUT2D eigenvalue weighted by atomic mass is 9.68. The maximum absolute atomic E-state index is 12.7. The molecule has 0 amide bonds. The third-order valence-corrected chi connectivity index (χ3v) is 6.39. The Kier molecular flexibility index (Phi) is 4.78. The molecule has 3 rings (SSSR count). The molecule has 2 aliphatic carbocycles. The van der Waals surface area contributed by atoms with Gasteiger partial charge in [-0.15, -0.1) is 0 Å². The van der Waals surface area contributed by atoms with Crippen LogP contribution < -0.4 is 0 Å². The monoisotopic (exact) mass is 358 g/mol. The minimum Gasteiger partial charge on any atom is -0.458 e. The van der Waals surface area contributed by atoms with Gasteiger partial charge in [-0.25, -0.2) is 4.79 Å². The SMILES string of the molecule is CC(C)C1(O)CCC2(C)C=CC(C)(O)CC(OC(=O)c3ccccc3)C21. The lowest BCUT2D eigenvalue weighted by Crippen LogP contribution is -2.51.